The van der Waals surface area contributed by atoms with Gasteiger partial charge in [0.15, 0.2) is 0 Å². The average Bonchev–Trinajstić information content (AvgIpc) is 2.53. The maximum atomic E-state index is 12.0. The molecule has 1 aromatic heterocycles. The summed E-state index contributed by atoms with van der Waals surface area (Å²) < 4.78 is 0. The molecule has 0 aliphatic carbocycles. The van der Waals surface area contributed by atoms with Crippen LogP contribution in [0.15, 0.2) is 6.20 Å². The molecule has 27 heavy (non-hydrogen) atoms. The summed E-state index contributed by atoms with van der Waals surface area (Å²) in [4.78, 5) is 44.5. The molecule has 10 heteroatoms. The predicted molar refractivity (Wildman–Crippen MR) is 99.4 cm³/mol. The van der Waals surface area contributed by atoms with Crippen molar-refractivity contribution in [1.29, 1.82) is 0 Å². The van der Waals surface area contributed by atoms with Crippen LogP contribution in [0.25, 0.3) is 0 Å². The topological polar surface area (TPSA) is 151 Å². The first-order chi connectivity index (χ1) is 12.5. The number of carboxylic acid groups (broad SMARTS) is 1. The molecule has 1 aliphatic heterocycles. The first-order valence-corrected chi connectivity index (χ1v) is 8.76. The lowest BCUT2D eigenvalue weighted by molar-refractivity contribution is -0.144. The van der Waals surface area contributed by atoms with E-state index in [9.17, 15) is 14.4 Å². The standard InChI is InChI=1S/C17H26N6O4/c1-17(2,3)22-16-19-8-11(14(18)27)15(21-16)20-10-5-4-6-23(9-10)12(24)7-13(25)26/h8,10H,4-7,9H2,1-3H3,(H2,18,27)(H,25,26)(H2,19,20,21,22). The van der Waals surface area contributed by atoms with Crippen LogP contribution in [0.4, 0.5) is 11.8 Å². The molecule has 0 radical (unpaired) electrons. The van der Waals surface area contributed by atoms with E-state index in [1.54, 1.807) is 0 Å². The van der Waals surface area contributed by atoms with Gasteiger partial charge < -0.3 is 26.4 Å². The molecule has 1 unspecified atom stereocenters. The van der Waals surface area contributed by atoms with Crippen molar-refractivity contribution in [2.75, 3.05) is 23.7 Å². The number of nitrogens with zero attached hydrogens (tertiary/aromatic N) is 3. The number of aliphatic carboxylic acids is 1. The predicted octanol–water partition coefficient (Wildman–Crippen LogP) is 0.664. The van der Waals surface area contributed by atoms with Crippen molar-refractivity contribution in [2.45, 2.75) is 51.6 Å². The zero-order chi connectivity index (χ0) is 20.2. The Bertz CT molecular complexity index is 731. The first-order valence-electron chi connectivity index (χ1n) is 8.76. The Morgan fingerprint density at radius 1 is 1.37 bits per heavy atom. The van der Waals surface area contributed by atoms with Crippen molar-refractivity contribution < 1.29 is 19.5 Å². The fourth-order valence-corrected chi connectivity index (χ4v) is 2.82. The third-order valence-corrected chi connectivity index (χ3v) is 3.96. The minimum Gasteiger partial charge on any atom is -0.481 e. The number of aromatic nitrogens is 2. The summed E-state index contributed by atoms with van der Waals surface area (Å²) in [6.45, 7) is 6.71. The van der Waals surface area contributed by atoms with Crippen molar-refractivity contribution in [3.05, 3.63) is 11.8 Å². The van der Waals surface area contributed by atoms with E-state index in [2.05, 4.69) is 20.6 Å². The molecule has 10 nitrogen and oxygen atoms in total. The Hall–Kier alpha value is -2.91. The summed E-state index contributed by atoms with van der Waals surface area (Å²) >= 11 is 0. The van der Waals surface area contributed by atoms with Gasteiger partial charge in [-0.15, -0.1) is 0 Å². The number of hydrogen-bond acceptors (Lipinski definition) is 7. The molecular formula is C17H26N6O4. The summed E-state index contributed by atoms with van der Waals surface area (Å²) in [5, 5.41) is 15.1. The highest BCUT2D eigenvalue weighted by molar-refractivity contribution is 5.97. The van der Waals surface area contributed by atoms with Crippen molar-refractivity contribution in [2.24, 2.45) is 5.73 Å². The normalized spacial score (nSPS) is 17.3. The van der Waals surface area contributed by atoms with Crippen LogP contribution in [-0.2, 0) is 9.59 Å². The van der Waals surface area contributed by atoms with Crippen molar-refractivity contribution >= 4 is 29.5 Å². The van der Waals surface area contributed by atoms with E-state index in [-0.39, 0.29) is 17.1 Å². The van der Waals surface area contributed by atoms with Gasteiger partial charge in [0.05, 0.1) is 5.56 Å². The maximum Gasteiger partial charge on any atom is 0.312 e. The van der Waals surface area contributed by atoms with Gasteiger partial charge in [-0.2, -0.15) is 4.98 Å². The van der Waals surface area contributed by atoms with Gasteiger partial charge in [-0.25, -0.2) is 4.98 Å². The summed E-state index contributed by atoms with van der Waals surface area (Å²) in [5.41, 5.74) is 5.31. The molecule has 1 atom stereocenters. The van der Waals surface area contributed by atoms with Crippen molar-refractivity contribution in [3.63, 3.8) is 0 Å². The monoisotopic (exact) mass is 378 g/mol. The second-order valence-electron chi connectivity index (χ2n) is 7.59. The molecule has 1 aliphatic rings. The molecule has 2 rings (SSSR count). The van der Waals surface area contributed by atoms with E-state index >= 15 is 0 Å². The lowest BCUT2D eigenvalue weighted by atomic mass is 10.0. The fourth-order valence-electron chi connectivity index (χ4n) is 2.82. The number of piperidine rings is 1. The number of nitrogens with one attached hydrogen (secondary N) is 2. The molecule has 0 spiro atoms. The molecule has 5 N–H and O–H groups in total. The Balaban J connectivity index is 2.16. The Morgan fingerprint density at radius 2 is 2.07 bits per heavy atom. The lowest BCUT2D eigenvalue weighted by Crippen LogP contribution is -2.46. The minimum atomic E-state index is -1.15. The number of carbonyl (C=O) groups is 3. The SMILES string of the molecule is CC(C)(C)Nc1ncc(C(N)=O)c(NC2CCCN(C(=O)CC(=O)O)C2)n1. The molecule has 2 amide bonds. The van der Waals surface area contributed by atoms with Gasteiger partial charge in [-0.05, 0) is 33.6 Å². The molecule has 0 aromatic carbocycles. The Kier molecular flexibility index (Phi) is 6.19. The number of carboxylic acids is 1. The zero-order valence-corrected chi connectivity index (χ0v) is 15.8. The summed E-state index contributed by atoms with van der Waals surface area (Å²) in [5.74, 6) is -1.59. The number of rotatable bonds is 6. The van der Waals surface area contributed by atoms with E-state index in [4.69, 9.17) is 10.8 Å². The van der Waals surface area contributed by atoms with Crippen LogP contribution >= 0.6 is 0 Å². The average molecular weight is 378 g/mol. The number of hydrogen-bond donors (Lipinski definition) is 4. The zero-order valence-electron chi connectivity index (χ0n) is 15.8. The van der Waals surface area contributed by atoms with Crippen LogP contribution in [0.5, 0.6) is 0 Å². The number of primary amides is 1. The summed E-state index contributed by atoms with van der Waals surface area (Å²) in [6.07, 6.45) is 2.29. The van der Waals surface area contributed by atoms with E-state index in [1.165, 1.54) is 11.1 Å². The summed E-state index contributed by atoms with van der Waals surface area (Å²) in [7, 11) is 0. The fraction of sp³-hybridized carbons (Fsp3) is 0.588. The molecule has 1 fully saturated rings. The van der Waals surface area contributed by atoms with Gasteiger partial charge in [-0.3, -0.25) is 14.4 Å². The van der Waals surface area contributed by atoms with Gasteiger partial charge >= 0.3 is 5.97 Å². The van der Waals surface area contributed by atoms with Gasteiger partial charge in [0.25, 0.3) is 5.91 Å². The highest BCUT2D eigenvalue weighted by Gasteiger charge is 2.26. The van der Waals surface area contributed by atoms with E-state index in [0.717, 1.165) is 6.42 Å². The molecule has 0 bridgehead atoms. The van der Waals surface area contributed by atoms with Crippen molar-refractivity contribution in [1.82, 2.24) is 14.9 Å². The maximum absolute atomic E-state index is 12.0. The number of nitrogens with two attached hydrogens (primary N) is 1. The van der Waals surface area contributed by atoms with E-state index in [0.29, 0.717) is 31.3 Å². The second-order valence-corrected chi connectivity index (χ2v) is 7.59. The number of likely N-dealkylation sites (tertiary alicyclic amines) is 1. The quantitative estimate of drug-likeness (QED) is 0.527. The third kappa shape index (κ3) is 6.08. The molecule has 0 saturated carbocycles. The largest absolute Gasteiger partial charge is 0.481 e. The van der Waals surface area contributed by atoms with E-state index < -0.39 is 24.2 Å². The number of amides is 2. The van der Waals surface area contributed by atoms with Gasteiger partial charge in [0.2, 0.25) is 11.9 Å². The Labute approximate surface area is 157 Å². The third-order valence-electron chi connectivity index (χ3n) is 3.96. The molecular weight excluding hydrogens is 352 g/mol. The second kappa shape index (κ2) is 8.19. The van der Waals surface area contributed by atoms with Crippen LogP contribution in [0.2, 0.25) is 0 Å². The highest BCUT2D eigenvalue weighted by atomic mass is 16.4. The molecule has 1 saturated heterocycles. The summed E-state index contributed by atoms with van der Waals surface area (Å²) in [6, 6.07) is -0.174. The lowest BCUT2D eigenvalue weighted by Gasteiger charge is -2.33. The number of carbonyl (C=O) groups excluding carboxylic acids is 2. The highest BCUT2D eigenvalue weighted by Crippen LogP contribution is 2.20. The smallest absolute Gasteiger partial charge is 0.312 e. The van der Waals surface area contributed by atoms with E-state index in [1.807, 2.05) is 20.8 Å². The van der Waals surface area contributed by atoms with Gasteiger partial charge in [0.1, 0.15) is 12.2 Å². The minimum absolute atomic E-state index is 0.156. The van der Waals surface area contributed by atoms with Gasteiger partial charge in [-0.1, -0.05) is 0 Å². The first kappa shape index (κ1) is 20.4. The number of anilines is 2. The van der Waals surface area contributed by atoms with Crippen LogP contribution in [0.1, 0.15) is 50.4 Å². The molecule has 2 heterocycles. The molecule has 1 aromatic rings. The van der Waals surface area contributed by atoms with Crippen LogP contribution in [-0.4, -0.2) is 62.4 Å². The van der Waals surface area contributed by atoms with Crippen molar-refractivity contribution in [3.8, 4) is 0 Å². The van der Waals surface area contributed by atoms with Crippen LogP contribution < -0.4 is 16.4 Å². The van der Waals surface area contributed by atoms with Crippen LogP contribution in [0.3, 0.4) is 0 Å². The molecule has 148 valence electrons. The van der Waals surface area contributed by atoms with Crippen LogP contribution in [0, 0.1) is 0 Å². The Morgan fingerprint density at radius 3 is 2.67 bits per heavy atom. The van der Waals surface area contributed by atoms with Gasteiger partial charge in [0, 0.05) is 30.9 Å².